The lowest BCUT2D eigenvalue weighted by atomic mass is 10.1. The summed E-state index contributed by atoms with van der Waals surface area (Å²) < 4.78 is 11.1. The third-order valence-electron chi connectivity index (χ3n) is 3.41. The van der Waals surface area contributed by atoms with E-state index < -0.39 is 0 Å². The van der Waals surface area contributed by atoms with Gasteiger partial charge in [0.05, 0.1) is 13.7 Å². The zero-order chi connectivity index (χ0) is 14.5. The number of aliphatic hydroxyl groups is 1. The second-order valence-corrected chi connectivity index (χ2v) is 4.81. The van der Waals surface area contributed by atoms with E-state index >= 15 is 0 Å². The lowest BCUT2D eigenvalue weighted by Gasteiger charge is -2.14. The maximum absolute atomic E-state index is 9.38. The standard InChI is InChI=1S/C17H20O3/c1-12-7-8-14(9-13(12)2)11-20-17-15(10-18)5-4-6-16(17)19-3/h4-9,18H,10-11H2,1-3H3. The molecule has 1 N–H and O–H groups in total. The number of methoxy groups -OCH3 is 1. The van der Waals surface area contributed by atoms with E-state index in [0.717, 1.165) is 11.1 Å². The fourth-order valence-electron chi connectivity index (χ4n) is 2.06. The van der Waals surface area contributed by atoms with Crippen LogP contribution in [0.2, 0.25) is 0 Å². The van der Waals surface area contributed by atoms with E-state index in [-0.39, 0.29) is 6.61 Å². The van der Waals surface area contributed by atoms with Crippen LogP contribution in [0.25, 0.3) is 0 Å². The smallest absolute Gasteiger partial charge is 0.167 e. The van der Waals surface area contributed by atoms with Gasteiger partial charge in [-0.15, -0.1) is 0 Å². The molecular formula is C17H20O3. The number of rotatable bonds is 5. The highest BCUT2D eigenvalue weighted by Crippen LogP contribution is 2.31. The molecule has 106 valence electrons. The highest BCUT2D eigenvalue weighted by atomic mass is 16.5. The molecule has 0 amide bonds. The molecule has 2 rings (SSSR count). The molecule has 0 heterocycles. The Balaban J connectivity index is 2.19. The average Bonchev–Trinajstić information content (AvgIpc) is 2.48. The number of para-hydroxylation sites is 1. The van der Waals surface area contributed by atoms with E-state index in [0.29, 0.717) is 18.1 Å². The molecule has 3 heteroatoms. The first-order valence-electron chi connectivity index (χ1n) is 6.61. The maximum Gasteiger partial charge on any atom is 0.167 e. The summed E-state index contributed by atoms with van der Waals surface area (Å²) in [5.74, 6) is 1.25. The molecule has 0 aromatic heterocycles. The largest absolute Gasteiger partial charge is 0.493 e. The fourth-order valence-corrected chi connectivity index (χ4v) is 2.06. The van der Waals surface area contributed by atoms with Crippen LogP contribution in [0.3, 0.4) is 0 Å². The quantitative estimate of drug-likeness (QED) is 0.906. The van der Waals surface area contributed by atoms with Gasteiger partial charge in [0.2, 0.25) is 0 Å². The zero-order valence-corrected chi connectivity index (χ0v) is 12.1. The molecule has 2 aromatic rings. The molecule has 3 nitrogen and oxygen atoms in total. The van der Waals surface area contributed by atoms with Gasteiger partial charge in [0.15, 0.2) is 11.5 Å². The van der Waals surface area contributed by atoms with E-state index in [9.17, 15) is 5.11 Å². The molecule has 0 aliphatic carbocycles. The molecule has 20 heavy (non-hydrogen) atoms. The number of ether oxygens (including phenoxy) is 2. The fraction of sp³-hybridized carbons (Fsp3) is 0.294. The van der Waals surface area contributed by atoms with Crippen molar-refractivity contribution in [2.75, 3.05) is 7.11 Å². The Hall–Kier alpha value is -2.00. The van der Waals surface area contributed by atoms with Gasteiger partial charge in [0.25, 0.3) is 0 Å². The van der Waals surface area contributed by atoms with Crippen LogP contribution in [0.15, 0.2) is 36.4 Å². The van der Waals surface area contributed by atoms with Gasteiger partial charge in [-0.1, -0.05) is 30.3 Å². The third-order valence-corrected chi connectivity index (χ3v) is 3.41. The van der Waals surface area contributed by atoms with E-state index in [2.05, 4.69) is 32.0 Å². The lowest BCUT2D eigenvalue weighted by Crippen LogP contribution is -2.01. The second-order valence-electron chi connectivity index (χ2n) is 4.81. The van der Waals surface area contributed by atoms with Crippen molar-refractivity contribution in [3.63, 3.8) is 0 Å². The highest BCUT2D eigenvalue weighted by Gasteiger charge is 2.10. The van der Waals surface area contributed by atoms with Gasteiger partial charge in [-0.05, 0) is 36.6 Å². The molecule has 0 fully saturated rings. The first kappa shape index (κ1) is 14.4. The summed E-state index contributed by atoms with van der Waals surface area (Å²) in [6, 6.07) is 11.8. The summed E-state index contributed by atoms with van der Waals surface area (Å²) in [5.41, 5.74) is 4.34. The number of aliphatic hydroxyl groups excluding tert-OH is 1. The Morgan fingerprint density at radius 3 is 2.50 bits per heavy atom. The normalized spacial score (nSPS) is 10.4. The third kappa shape index (κ3) is 3.11. The molecule has 0 saturated heterocycles. The van der Waals surface area contributed by atoms with Gasteiger partial charge in [0.1, 0.15) is 6.61 Å². The van der Waals surface area contributed by atoms with Crippen molar-refractivity contribution in [1.82, 2.24) is 0 Å². The van der Waals surface area contributed by atoms with E-state index in [4.69, 9.17) is 9.47 Å². The molecular weight excluding hydrogens is 252 g/mol. The van der Waals surface area contributed by atoms with E-state index in [1.807, 2.05) is 18.2 Å². The van der Waals surface area contributed by atoms with Crippen LogP contribution < -0.4 is 9.47 Å². The predicted octanol–water partition coefficient (Wildman–Crippen LogP) is 3.38. The Kier molecular flexibility index (Phi) is 4.64. The molecule has 0 aliphatic rings. The van der Waals surface area contributed by atoms with Crippen molar-refractivity contribution in [2.45, 2.75) is 27.1 Å². The van der Waals surface area contributed by atoms with Crippen LogP contribution >= 0.6 is 0 Å². The van der Waals surface area contributed by atoms with Gasteiger partial charge in [-0.3, -0.25) is 0 Å². The van der Waals surface area contributed by atoms with Gasteiger partial charge < -0.3 is 14.6 Å². The van der Waals surface area contributed by atoms with Crippen LogP contribution in [-0.4, -0.2) is 12.2 Å². The Bertz CT molecular complexity index is 569. The second kappa shape index (κ2) is 6.44. The number of benzene rings is 2. The first-order valence-corrected chi connectivity index (χ1v) is 6.61. The Morgan fingerprint density at radius 1 is 1.05 bits per heavy atom. The molecule has 0 aliphatic heterocycles. The molecule has 0 unspecified atom stereocenters. The van der Waals surface area contributed by atoms with Crippen molar-refractivity contribution in [3.05, 3.63) is 58.7 Å². The van der Waals surface area contributed by atoms with E-state index in [1.165, 1.54) is 11.1 Å². The van der Waals surface area contributed by atoms with Crippen LogP contribution in [0.4, 0.5) is 0 Å². The van der Waals surface area contributed by atoms with Gasteiger partial charge in [-0.2, -0.15) is 0 Å². The van der Waals surface area contributed by atoms with Gasteiger partial charge in [-0.25, -0.2) is 0 Å². The Labute approximate surface area is 119 Å². The first-order chi connectivity index (χ1) is 9.65. The molecule has 0 radical (unpaired) electrons. The zero-order valence-electron chi connectivity index (χ0n) is 12.1. The Morgan fingerprint density at radius 2 is 1.85 bits per heavy atom. The molecule has 0 saturated carbocycles. The summed E-state index contributed by atoms with van der Waals surface area (Å²) in [4.78, 5) is 0. The summed E-state index contributed by atoms with van der Waals surface area (Å²) >= 11 is 0. The lowest BCUT2D eigenvalue weighted by molar-refractivity contribution is 0.250. The summed E-state index contributed by atoms with van der Waals surface area (Å²) in [7, 11) is 1.60. The van der Waals surface area contributed by atoms with Crippen molar-refractivity contribution >= 4 is 0 Å². The highest BCUT2D eigenvalue weighted by molar-refractivity contribution is 5.46. The number of hydrogen-bond donors (Lipinski definition) is 1. The topological polar surface area (TPSA) is 38.7 Å². The molecule has 0 bridgehead atoms. The van der Waals surface area contributed by atoms with Crippen LogP contribution in [0.1, 0.15) is 22.3 Å². The monoisotopic (exact) mass is 272 g/mol. The van der Waals surface area contributed by atoms with Gasteiger partial charge in [0, 0.05) is 5.56 Å². The SMILES string of the molecule is COc1cccc(CO)c1OCc1ccc(C)c(C)c1. The minimum Gasteiger partial charge on any atom is -0.493 e. The van der Waals surface area contributed by atoms with Crippen LogP contribution in [-0.2, 0) is 13.2 Å². The van der Waals surface area contributed by atoms with Crippen molar-refractivity contribution in [2.24, 2.45) is 0 Å². The summed E-state index contributed by atoms with van der Waals surface area (Å²) in [5, 5.41) is 9.38. The van der Waals surface area contributed by atoms with Crippen LogP contribution in [0, 0.1) is 13.8 Å². The van der Waals surface area contributed by atoms with Crippen LogP contribution in [0.5, 0.6) is 11.5 Å². The minimum atomic E-state index is -0.0700. The predicted molar refractivity (Wildman–Crippen MR) is 79.2 cm³/mol. The summed E-state index contributed by atoms with van der Waals surface area (Å²) in [6.07, 6.45) is 0. The number of hydrogen-bond acceptors (Lipinski definition) is 3. The molecule has 0 atom stereocenters. The average molecular weight is 272 g/mol. The molecule has 0 spiro atoms. The van der Waals surface area contributed by atoms with Crippen molar-refractivity contribution in [3.8, 4) is 11.5 Å². The minimum absolute atomic E-state index is 0.0700. The number of aryl methyl sites for hydroxylation is 2. The van der Waals surface area contributed by atoms with Gasteiger partial charge >= 0.3 is 0 Å². The van der Waals surface area contributed by atoms with Crippen molar-refractivity contribution < 1.29 is 14.6 Å². The van der Waals surface area contributed by atoms with Crippen molar-refractivity contribution in [1.29, 1.82) is 0 Å². The molecule has 2 aromatic carbocycles. The summed E-state index contributed by atoms with van der Waals surface area (Å²) in [6.45, 7) is 4.55. The van der Waals surface area contributed by atoms with E-state index in [1.54, 1.807) is 7.11 Å². The maximum atomic E-state index is 9.38.